The topological polar surface area (TPSA) is 113 Å². The Bertz CT molecular complexity index is 1020. The number of thiophene rings is 1. The summed E-state index contributed by atoms with van der Waals surface area (Å²) in [4.78, 5) is 35.4. The van der Waals surface area contributed by atoms with Crippen LogP contribution in [0.3, 0.4) is 0 Å². The molecule has 0 fully saturated rings. The van der Waals surface area contributed by atoms with E-state index in [0.717, 1.165) is 0 Å². The molecule has 3 N–H and O–H groups in total. The number of hydrogen-bond donors (Lipinski definition) is 3. The minimum absolute atomic E-state index is 0.0397. The highest BCUT2D eigenvalue weighted by Crippen LogP contribution is 2.23. The highest BCUT2D eigenvalue weighted by atomic mass is 32.1. The van der Waals surface area contributed by atoms with Crippen LogP contribution in [0.5, 0.6) is 0 Å². The Hall–Kier alpha value is -3.72. The average molecular weight is 410 g/mol. The molecule has 0 aliphatic heterocycles. The van der Waals surface area contributed by atoms with Gasteiger partial charge in [0, 0.05) is 30.4 Å². The first-order valence-electron chi connectivity index (χ1n) is 8.75. The third kappa shape index (κ3) is 5.63. The van der Waals surface area contributed by atoms with Crippen molar-refractivity contribution in [3.05, 3.63) is 81.0 Å². The molecular weight excluding hydrogens is 392 g/mol. The number of hydrogen-bond acceptors (Lipinski definition) is 6. The predicted molar refractivity (Wildman–Crippen MR) is 114 cm³/mol. The molecule has 3 rings (SSSR count). The molecule has 0 spiro atoms. The molecule has 1 aromatic heterocycles. The number of carbonyl (C=O) groups is 2. The van der Waals surface area contributed by atoms with Crippen LogP contribution in [0.1, 0.15) is 16.1 Å². The van der Waals surface area contributed by atoms with Gasteiger partial charge in [-0.15, -0.1) is 11.3 Å². The van der Waals surface area contributed by atoms with Crippen LogP contribution in [0.15, 0.2) is 66.0 Å². The van der Waals surface area contributed by atoms with Crippen LogP contribution >= 0.6 is 11.3 Å². The van der Waals surface area contributed by atoms with E-state index in [1.165, 1.54) is 17.4 Å². The first-order valence-corrected chi connectivity index (χ1v) is 9.63. The number of benzene rings is 2. The monoisotopic (exact) mass is 410 g/mol. The number of rotatable bonds is 8. The number of amides is 2. The molecule has 0 radical (unpaired) electrons. The van der Waals surface area contributed by atoms with E-state index in [0.29, 0.717) is 21.9 Å². The number of anilines is 3. The van der Waals surface area contributed by atoms with Crippen molar-refractivity contribution >= 4 is 45.9 Å². The van der Waals surface area contributed by atoms with Crippen LogP contribution in [0.2, 0.25) is 0 Å². The molecule has 0 saturated carbocycles. The maximum absolute atomic E-state index is 12.2. The van der Waals surface area contributed by atoms with Crippen LogP contribution in [0.25, 0.3) is 0 Å². The summed E-state index contributed by atoms with van der Waals surface area (Å²) in [7, 11) is 0. The minimum Gasteiger partial charge on any atom is -0.379 e. The molecule has 9 heteroatoms. The van der Waals surface area contributed by atoms with Gasteiger partial charge in [-0.3, -0.25) is 19.7 Å². The van der Waals surface area contributed by atoms with Gasteiger partial charge in [-0.2, -0.15) is 0 Å². The number of nitrogens with zero attached hydrogens (tertiary/aromatic N) is 1. The first kappa shape index (κ1) is 20.0. The van der Waals surface area contributed by atoms with Crippen molar-refractivity contribution < 1.29 is 14.5 Å². The molecule has 3 aromatic rings. The maximum atomic E-state index is 12.2. The molecule has 0 unspecified atom stereocenters. The molecule has 0 aliphatic carbocycles. The van der Waals surface area contributed by atoms with E-state index < -0.39 is 4.92 Å². The van der Waals surface area contributed by atoms with Gasteiger partial charge in [0.2, 0.25) is 5.91 Å². The SMILES string of the molecule is O=C(CCNc1ccccc1[N+](=O)[O-])Nc1cccc(NC(=O)c2cccs2)c1. The highest BCUT2D eigenvalue weighted by Gasteiger charge is 2.12. The molecule has 148 valence electrons. The minimum atomic E-state index is -0.474. The number of nitro groups is 1. The third-order valence-electron chi connectivity index (χ3n) is 3.92. The van der Waals surface area contributed by atoms with Crippen molar-refractivity contribution in [2.75, 3.05) is 22.5 Å². The summed E-state index contributed by atoms with van der Waals surface area (Å²) in [6.07, 6.45) is 0.123. The second kappa shape index (κ2) is 9.47. The second-order valence-corrected chi connectivity index (χ2v) is 6.96. The van der Waals surface area contributed by atoms with Crippen LogP contribution in [0, 0.1) is 10.1 Å². The third-order valence-corrected chi connectivity index (χ3v) is 4.79. The molecule has 29 heavy (non-hydrogen) atoms. The molecule has 0 aliphatic rings. The molecule has 0 bridgehead atoms. The predicted octanol–water partition coefficient (Wildman–Crippen LogP) is 4.35. The summed E-state index contributed by atoms with van der Waals surface area (Å²) in [6, 6.07) is 16.6. The molecule has 2 amide bonds. The van der Waals surface area contributed by atoms with Crippen LogP contribution in [-0.4, -0.2) is 23.3 Å². The fourth-order valence-electron chi connectivity index (χ4n) is 2.59. The van der Waals surface area contributed by atoms with Gasteiger partial charge in [-0.1, -0.05) is 24.3 Å². The molecule has 8 nitrogen and oxygen atoms in total. The van der Waals surface area contributed by atoms with Gasteiger partial charge in [0.25, 0.3) is 11.6 Å². The number of carbonyl (C=O) groups excluding carboxylic acids is 2. The van der Waals surface area contributed by atoms with Crippen molar-refractivity contribution in [2.45, 2.75) is 6.42 Å². The molecule has 0 atom stereocenters. The molecule has 0 saturated heterocycles. The van der Waals surface area contributed by atoms with Crippen molar-refractivity contribution in [1.29, 1.82) is 0 Å². The lowest BCUT2D eigenvalue weighted by Crippen LogP contribution is -2.17. The summed E-state index contributed by atoms with van der Waals surface area (Å²) in [6.45, 7) is 0.242. The highest BCUT2D eigenvalue weighted by molar-refractivity contribution is 7.12. The van der Waals surface area contributed by atoms with Gasteiger partial charge in [0.1, 0.15) is 5.69 Å². The lowest BCUT2D eigenvalue weighted by Gasteiger charge is -2.09. The Morgan fingerprint density at radius 1 is 0.966 bits per heavy atom. The van der Waals surface area contributed by atoms with E-state index in [1.54, 1.807) is 54.6 Å². The fourth-order valence-corrected chi connectivity index (χ4v) is 3.21. The Morgan fingerprint density at radius 2 is 1.72 bits per heavy atom. The van der Waals surface area contributed by atoms with Gasteiger partial charge in [0.15, 0.2) is 0 Å². The Kier molecular flexibility index (Phi) is 6.54. The summed E-state index contributed by atoms with van der Waals surface area (Å²) in [5.41, 5.74) is 1.44. The van der Waals surface area contributed by atoms with Crippen molar-refractivity contribution in [1.82, 2.24) is 0 Å². The van der Waals surface area contributed by atoms with Crippen molar-refractivity contribution in [3.8, 4) is 0 Å². The van der Waals surface area contributed by atoms with Gasteiger partial charge in [-0.05, 0) is 35.7 Å². The standard InChI is InChI=1S/C20H18N4O4S/c25-19(10-11-21-16-7-1-2-8-17(16)24(27)28)22-14-5-3-6-15(13-14)23-20(26)18-9-4-12-29-18/h1-9,12-13,21H,10-11H2,(H,22,25)(H,23,26). The van der Waals surface area contributed by atoms with E-state index in [-0.39, 0.29) is 30.5 Å². The Morgan fingerprint density at radius 3 is 2.45 bits per heavy atom. The van der Waals surface area contributed by atoms with Gasteiger partial charge in [-0.25, -0.2) is 0 Å². The summed E-state index contributed by atoms with van der Waals surface area (Å²) >= 11 is 1.34. The zero-order chi connectivity index (χ0) is 20.6. The van der Waals surface area contributed by atoms with E-state index in [2.05, 4.69) is 16.0 Å². The molecule has 2 aromatic carbocycles. The van der Waals surface area contributed by atoms with Crippen molar-refractivity contribution in [2.24, 2.45) is 0 Å². The molecular formula is C20H18N4O4S. The van der Waals surface area contributed by atoms with E-state index in [1.807, 2.05) is 5.38 Å². The largest absolute Gasteiger partial charge is 0.379 e. The Balaban J connectivity index is 1.52. The fraction of sp³-hybridized carbons (Fsp3) is 0.100. The van der Waals surface area contributed by atoms with Gasteiger partial charge >= 0.3 is 0 Å². The van der Waals surface area contributed by atoms with Gasteiger partial charge < -0.3 is 16.0 Å². The number of nitrogens with one attached hydrogen (secondary N) is 3. The van der Waals surface area contributed by atoms with Crippen LogP contribution < -0.4 is 16.0 Å². The lowest BCUT2D eigenvalue weighted by molar-refractivity contribution is -0.384. The smallest absolute Gasteiger partial charge is 0.292 e. The quantitative estimate of drug-likeness (QED) is 0.377. The normalized spacial score (nSPS) is 10.2. The van der Waals surface area contributed by atoms with E-state index in [4.69, 9.17) is 0 Å². The van der Waals surface area contributed by atoms with E-state index in [9.17, 15) is 19.7 Å². The zero-order valence-electron chi connectivity index (χ0n) is 15.3. The summed E-state index contributed by atoms with van der Waals surface area (Å²) in [5.74, 6) is -0.463. The molecule has 1 heterocycles. The van der Waals surface area contributed by atoms with Crippen LogP contribution in [-0.2, 0) is 4.79 Å². The van der Waals surface area contributed by atoms with Gasteiger partial charge in [0.05, 0.1) is 9.80 Å². The maximum Gasteiger partial charge on any atom is 0.292 e. The average Bonchev–Trinajstić information content (AvgIpc) is 3.23. The van der Waals surface area contributed by atoms with Crippen molar-refractivity contribution in [3.63, 3.8) is 0 Å². The summed E-state index contributed by atoms with van der Waals surface area (Å²) < 4.78 is 0. The van der Waals surface area contributed by atoms with E-state index >= 15 is 0 Å². The lowest BCUT2D eigenvalue weighted by atomic mass is 10.2. The first-order chi connectivity index (χ1) is 14.0. The zero-order valence-corrected chi connectivity index (χ0v) is 16.1. The summed E-state index contributed by atoms with van der Waals surface area (Å²) in [5, 5.41) is 21.3. The Labute approximate surface area is 170 Å². The number of nitro benzene ring substituents is 1. The second-order valence-electron chi connectivity index (χ2n) is 6.01. The van der Waals surface area contributed by atoms with Crippen LogP contribution in [0.4, 0.5) is 22.7 Å². The number of para-hydroxylation sites is 2.